The maximum absolute atomic E-state index is 12.2. The predicted octanol–water partition coefficient (Wildman–Crippen LogP) is 2.72. The van der Waals surface area contributed by atoms with E-state index in [4.69, 9.17) is 5.11 Å². The van der Waals surface area contributed by atoms with Crippen molar-refractivity contribution in [3.8, 4) is 0 Å². The predicted molar refractivity (Wildman–Crippen MR) is 81.8 cm³/mol. The first-order valence-electron chi connectivity index (χ1n) is 7.30. The molecule has 1 aromatic carbocycles. The molecule has 4 heteroatoms. The summed E-state index contributed by atoms with van der Waals surface area (Å²) in [6.45, 7) is 3.28. The maximum atomic E-state index is 12.2. The van der Waals surface area contributed by atoms with E-state index in [2.05, 4.69) is 0 Å². The van der Waals surface area contributed by atoms with E-state index in [1.807, 2.05) is 37.3 Å². The van der Waals surface area contributed by atoms with Gasteiger partial charge in [-0.15, -0.1) is 0 Å². The third-order valence-corrected chi connectivity index (χ3v) is 3.79. The van der Waals surface area contributed by atoms with Crippen LogP contribution in [0.2, 0.25) is 0 Å². The van der Waals surface area contributed by atoms with Gasteiger partial charge in [-0.05, 0) is 37.3 Å². The zero-order valence-electron chi connectivity index (χ0n) is 12.3. The molecular formula is C17H21NO3. The van der Waals surface area contributed by atoms with Crippen LogP contribution >= 0.6 is 0 Å². The lowest BCUT2D eigenvalue weighted by molar-refractivity contribution is -0.139. The molecule has 4 nitrogen and oxygen atoms in total. The fraction of sp³-hybridized carbons (Fsp3) is 0.412. The minimum atomic E-state index is -0.788. The van der Waals surface area contributed by atoms with Gasteiger partial charge in [0.1, 0.15) is 0 Å². The normalized spacial score (nSPS) is 18.9. The number of carbonyl (C=O) groups is 2. The number of hydrogen-bond donors (Lipinski definition) is 1. The van der Waals surface area contributed by atoms with E-state index in [1.165, 1.54) is 5.56 Å². The van der Waals surface area contributed by atoms with Crippen molar-refractivity contribution in [2.24, 2.45) is 5.92 Å². The van der Waals surface area contributed by atoms with Crippen molar-refractivity contribution in [2.45, 2.75) is 26.2 Å². The molecule has 0 saturated carbocycles. The number of likely N-dealkylation sites (tertiary alicyclic amines) is 1. The van der Waals surface area contributed by atoms with E-state index >= 15 is 0 Å². The van der Waals surface area contributed by atoms with Crippen LogP contribution in [0.25, 0.3) is 6.08 Å². The van der Waals surface area contributed by atoms with Crippen molar-refractivity contribution >= 4 is 18.0 Å². The fourth-order valence-corrected chi connectivity index (χ4v) is 2.63. The number of nitrogens with zero attached hydrogens (tertiary/aromatic N) is 1. The van der Waals surface area contributed by atoms with Crippen molar-refractivity contribution in [3.05, 3.63) is 41.5 Å². The number of carboxylic acids is 1. The van der Waals surface area contributed by atoms with Gasteiger partial charge >= 0.3 is 5.97 Å². The molecule has 0 aromatic heterocycles. The lowest BCUT2D eigenvalue weighted by Crippen LogP contribution is -2.39. The minimum Gasteiger partial charge on any atom is -0.481 e. The van der Waals surface area contributed by atoms with Crippen LogP contribution < -0.4 is 0 Å². The molecule has 1 saturated heterocycles. The van der Waals surface area contributed by atoms with Gasteiger partial charge in [0.25, 0.3) is 0 Å². The van der Waals surface area contributed by atoms with E-state index in [9.17, 15) is 9.59 Å². The van der Waals surface area contributed by atoms with Crippen LogP contribution in [0.15, 0.2) is 30.3 Å². The number of rotatable bonds is 4. The van der Waals surface area contributed by atoms with Gasteiger partial charge in [0.2, 0.25) is 5.91 Å². The van der Waals surface area contributed by atoms with Crippen molar-refractivity contribution in [1.29, 1.82) is 0 Å². The summed E-state index contributed by atoms with van der Waals surface area (Å²) in [6, 6.07) is 7.97. The zero-order chi connectivity index (χ0) is 15.2. The lowest BCUT2D eigenvalue weighted by atomic mass is 9.95. The summed E-state index contributed by atoms with van der Waals surface area (Å²) in [5.41, 5.74) is 2.18. The van der Waals surface area contributed by atoms with Crippen molar-refractivity contribution in [2.75, 3.05) is 13.1 Å². The Hall–Kier alpha value is -2.10. The second-order valence-corrected chi connectivity index (χ2v) is 5.63. The highest BCUT2D eigenvalue weighted by Crippen LogP contribution is 2.20. The van der Waals surface area contributed by atoms with Crippen LogP contribution in [0.3, 0.4) is 0 Å². The van der Waals surface area contributed by atoms with Crippen molar-refractivity contribution in [1.82, 2.24) is 4.90 Å². The Kier molecular flexibility index (Phi) is 5.14. The molecule has 1 aliphatic rings. The maximum Gasteiger partial charge on any atom is 0.303 e. The molecule has 1 amide bonds. The summed E-state index contributed by atoms with van der Waals surface area (Å²) in [4.78, 5) is 24.7. The summed E-state index contributed by atoms with van der Waals surface area (Å²) in [7, 11) is 0. The van der Waals surface area contributed by atoms with Gasteiger partial charge in [0.05, 0.1) is 0 Å². The molecule has 1 aromatic rings. The average Bonchev–Trinajstić information content (AvgIpc) is 2.46. The Bertz CT molecular complexity index is 533. The zero-order valence-corrected chi connectivity index (χ0v) is 12.3. The molecule has 1 atom stereocenters. The first-order valence-corrected chi connectivity index (χ1v) is 7.30. The monoisotopic (exact) mass is 287 g/mol. The summed E-state index contributed by atoms with van der Waals surface area (Å²) in [5, 5.41) is 8.85. The second kappa shape index (κ2) is 7.07. The van der Waals surface area contributed by atoms with Gasteiger partial charge in [0, 0.05) is 25.6 Å². The van der Waals surface area contributed by atoms with Crippen LogP contribution in [0, 0.1) is 12.8 Å². The van der Waals surface area contributed by atoms with Crippen LogP contribution in [-0.4, -0.2) is 35.0 Å². The summed E-state index contributed by atoms with van der Waals surface area (Å²) < 4.78 is 0. The Morgan fingerprint density at radius 1 is 1.33 bits per heavy atom. The number of aliphatic carboxylic acids is 1. The molecule has 112 valence electrons. The Morgan fingerprint density at radius 3 is 2.71 bits per heavy atom. The van der Waals surface area contributed by atoms with Crippen LogP contribution in [0.5, 0.6) is 0 Å². The smallest absolute Gasteiger partial charge is 0.303 e. The van der Waals surface area contributed by atoms with Gasteiger partial charge in [-0.1, -0.05) is 29.8 Å². The number of carbonyl (C=O) groups excluding carboxylic acids is 1. The van der Waals surface area contributed by atoms with E-state index in [-0.39, 0.29) is 18.2 Å². The number of piperidine rings is 1. The average molecular weight is 287 g/mol. The van der Waals surface area contributed by atoms with E-state index in [1.54, 1.807) is 11.0 Å². The number of hydrogen-bond acceptors (Lipinski definition) is 2. The molecule has 0 bridgehead atoms. The lowest BCUT2D eigenvalue weighted by Gasteiger charge is -2.31. The highest BCUT2D eigenvalue weighted by atomic mass is 16.4. The van der Waals surface area contributed by atoms with Crippen LogP contribution in [0.1, 0.15) is 30.4 Å². The minimum absolute atomic E-state index is 0.0364. The van der Waals surface area contributed by atoms with Gasteiger partial charge in [-0.25, -0.2) is 0 Å². The highest BCUT2D eigenvalue weighted by Gasteiger charge is 2.23. The molecule has 1 aliphatic heterocycles. The first-order chi connectivity index (χ1) is 10.0. The summed E-state index contributed by atoms with van der Waals surface area (Å²) in [6.07, 6.45) is 5.29. The fourth-order valence-electron chi connectivity index (χ4n) is 2.63. The van der Waals surface area contributed by atoms with Gasteiger partial charge in [0.15, 0.2) is 0 Å². The van der Waals surface area contributed by atoms with Gasteiger partial charge in [-0.2, -0.15) is 0 Å². The topological polar surface area (TPSA) is 57.6 Å². The molecule has 2 rings (SSSR count). The molecule has 1 N–H and O–H groups in total. The molecule has 1 fully saturated rings. The number of carboxylic acid groups (broad SMARTS) is 1. The summed E-state index contributed by atoms with van der Waals surface area (Å²) >= 11 is 0. The standard InChI is InChI=1S/C17H21NO3/c1-13-4-6-14(7-5-13)8-9-16(19)18-10-2-3-15(12-18)11-17(20)21/h4-9,15H,2-3,10-12H2,1H3,(H,20,21). The molecule has 1 heterocycles. The molecule has 0 aliphatic carbocycles. The Morgan fingerprint density at radius 2 is 2.05 bits per heavy atom. The molecule has 0 spiro atoms. The Balaban J connectivity index is 1.93. The van der Waals surface area contributed by atoms with Crippen LogP contribution in [-0.2, 0) is 9.59 Å². The molecule has 1 unspecified atom stereocenters. The third kappa shape index (κ3) is 4.74. The summed E-state index contributed by atoms with van der Waals surface area (Å²) in [5.74, 6) is -0.747. The molecule has 21 heavy (non-hydrogen) atoms. The van der Waals surface area contributed by atoms with Crippen LogP contribution in [0.4, 0.5) is 0 Å². The van der Waals surface area contributed by atoms with E-state index < -0.39 is 5.97 Å². The van der Waals surface area contributed by atoms with Crippen molar-refractivity contribution in [3.63, 3.8) is 0 Å². The Labute approximate surface area is 125 Å². The first kappa shape index (κ1) is 15.3. The quantitative estimate of drug-likeness (QED) is 0.866. The second-order valence-electron chi connectivity index (χ2n) is 5.63. The SMILES string of the molecule is Cc1ccc(C=CC(=O)N2CCCC(CC(=O)O)C2)cc1. The third-order valence-electron chi connectivity index (χ3n) is 3.79. The highest BCUT2D eigenvalue weighted by molar-refractivity contribution is 5.91. The molecule has 0 radical (unpaired) electrons. The van der Waals surface area contributed by atoms with Crippen molar-refractivity contribution < 1.29 is 14.7 Å². The van der Waals surface area contributed by atoms with E-state index in [0.717, 1.165) is 18.4 Å². The largest absolute Gasteiger partial charge is 0.481 e. The van der Waals surface area contributed by atoms with Gasteiger partial charge in [-0.3, -0.25) is 9.59 Å². The van der Waals surface area contributed by atoms with Gasteiger partial charge < -0.3 is 10.0 Å². The number of aryl methyl sites for hydroxylation is 1. The number of amides is 1. The molecular weight excluding hydrogens is 266 g/mol. The number of benzene rings is 1. The van der Waals surface area contributed by atoms with E-state index in [0.29, 0.717) is 13.1 Å².